The van der Waals surface area contributed by atoms with Crippen molar-refractivity contribution in [2.24, 2.45) is 0 Å². The van der Waals surface area contributed by atoms with Gasteiger partial charge in [0.25, 0.3) is 0 Å². The van der Waals surface area contributed by atoms with E-state index in [1.54, 1.807) is 0 Å². The topological polar surface area (TPSA) is 46.5 Å². The molecule has 0 aliphatic heterocycles. The molecule has 0 aromatic carbocycles. The van der Waals surface area contributed by atoms with Crippen LogP contribution in [0.4, 0.5) is 0 Å². The Morgan fingerprint density at radius 3 is 3.00 bits per heavy atom. The van der Waals surface area contributed by atoms with Gasteiger partial charge >= 0.3 is 0 Å². The SMILES string of the molecule is CCC(CCCn1cccn1)c1ccn[nH]1. The molecular weight excluding hydrogens is 200 g/mol. The third-order valence-electron chi connectivity index (χ3n) is 2.95. The molecule has 0 amide bonds. The number of aromatic amines is 1. The summed E-state index contributed by atoms with van der Waals surface area (Å²) in [7, 11) is 0. The Kier molecular flexibility index (Phi) is 3.75. The summed E-state index contributed by atoms with van der Waals surface area (Å²) in [6, 6.07) is 4.04. The van der Waals surface area contributed by atoms with Gasteiger partial charge in [0, 0.05) is 36.7 Å². The van der Waals surface area contributed by atoms with E-state index in [0.29, 0.717) is 5.92 Å². The van der Waals surface area contributed by atoms with Gasteiger partial charge in [-0.1, -0.05) is 6.92 Å². The lowest BCUT2D eigenvalue weighted by Gasteiger charge is -2.12. The lowest BCUT2D eigenvalue weighted by molar-refractivity contribution is 0.498. The third-order valence-corrected chi connectivity index (χ3v) is 2.95. The first-order valence-electron chi connectivity index (χ1n) is 5.87. The van der Waals surface area contributed by atoms with Crippen molar-refractivity contribution in [3.05, 3.63) is 36.4 Å². The summed E-state index contributed by atoms with van der Waals surface area (Å²) in [5, 5.41) is 11.3. The fourth-order valence-corrected chi connectivity index (χ4v) is 2.01. The molecule has 0 spiro atoms. The molecule has 0 aliphatic carbocycles. The molecule has 2 rings (SSSR count). The fraction of sp³-hybridized carbons (Fsp3) is 0.500. The van der Waals surface area contributed by atoms with Crippen molar-refractivity contribution in [1.29, 1.82) is 0 Å². The van der Waals surface area contributed by atoms with Gasteiger partial charge < -0.3 is 0 Å². The van der Waals surface area contributed by atoms with Crippen molar-refractivity contribution in [2.45, 2.75) is 38.6 Å². The van der Waals surface area contributed by atoms with Crippen LogP contribution in [0, 0.1) is 0 Å². The number of nitrogens with one attached hydrogen (secondary N) is 1. The van der Waals surface area contributed by atoms with Gasteiger partial charge in [-0.2, -0.15) is 10.2 Å². The van der Waals surface area contributed by atoms with Crippen LogP contribution in [0.1, 0.15) is 37.8 Å². The van der Waals surface area contributed by atoms with E-state index in [9.17, 15) is 0 Å². The van der Waals surface area contributed by atoms with Crippen LogP contribution in [0.5, 0.6) is 0 Å². The van der Waals surface area contributed by atoms with Crippen molar-refractivity contribution in [1.82, 2.24) is 20.0 Å². The number of hydrogen-bond acceptors (Lipinski definition) is 2. The highest BCUT2D eigenvalue weighted by Crippen LogP contribution is 2.22. The quantitative estimate of drug-likeness (QED) is 0.810. The molecule has 0 saturated carbocycles. The normalized spacial score (nSPS) is 12.8. The molecule has 0 bridgehead atoms. The smallest absolute Gasteiger partial charge is 0.0490 e. The van der Waals surface area contributed by atoms with Gasteiger partial charge in [-0.25, -0.2) is 0 Å². The first-order valence-corrected chi connectivity index (χ1v) is 5.87. The van der Waals surface area contributed by atoms with Crippen LogP contribution in [0.3, 0.4) is 0 Å². The Balaban J connectivity index is 1.80. The van der Waals surface area contributed by atoms with Gasteiger partial charge in [0.1, 0.15) is 0 Å². The number of hydrogen-bond donors (Lipinski definition) is 1. The average Bonchev–Trinajstić information content (AvgIpc) is 2.96. The highest BCUT2D eigenvalue weighted by Gasteiger charge is 2.09. The van der Waals surface area contributed by atoms with E-state index in [-0.39, 0.29) is 0 Å². The molecule has 0 radical (unpaired) electrons. The lowest BCUT2D eigenvalue weighted by atomic mass is 9.97. The minimum atomic E-state index is 0.595. The van der Waals surface area contributed by atoms with Crippen molar-refractivity contribution in [3.63, 3.8) is 0 Å². The van der Waals surface area contributed by atoms with E-state index in [1.165, 1.54) is 12.1 Å². The third kappa shape index (κ3) is 2.72. The van der Waals surface area contributed by atoms with E-state index in [0.717, 1.165) is 19.4 Å². The first-order chi connectivity index (χ1) is 7.90. The summed E-state index contributed by atoms with van der Waals surface area (Å²) < 4.78 is 1.99. The zero-order chi connectivity index (χ0) is 11.2. The maximum absolute atomic E-state index is 4.20. The second-order valence-electron chi connectivity index (χ2n) is 4.03. The number of rotatable bonds is 6. The highest BCUT2D eigenvalue weighted by atomic mass is 15.3. The molecule has 1 atom stereocenters. The summed E-state index contributed by atoms with van der Waals surface area (Å²) in [5.41, 5.74) is 1.25. The molecule has 4 nitrogen and oxygen atoms in total. The monoisotopic (exact) mass is 218 g/mol. The molecule has 1 unspecified atom stereocenters. The molecule has 86 valence electrons. The number of aromatic nitrogens is 4. The van der Waals surface area contributed by atoms with Crippen molar-refractivity contribution >= 4 is 0 Å². The molecular formula is C12H18N4. The maximum atomic E-state index is 4.20. The van der Waals surface area contributed by atoms with E-state index >= 15 is 0 Å². The molecule has 4 heteroatoms. The number of H-pyrrole nitrogens is 1. The molecule has 16 heavy (non-hydrogen) atoms. The minimum Gasteiger partial charge on any atom is -0.282 e. The largest absolute Gasteiger partial charge is 0.282 e. The lowest BCUT2D eigenvalue weighted by Crippen LogP contribution is -2.03. The predicted octanol–water partition coefficient (Wildman–Crippen LogP) is 2.58. The van der Waals surface area contributed by atoms with Gasteiger partial charge in [0.2, 0.25) is 0 Å². The van der Waals surface area contributed by atoms with Crippen LogP contribution in [-0.2, 0) is 6.54 Å². The molecule has 2 heterocycles. The van der Waals surface area contributed by atoms with E-state index in [2.05, 4.69) is 28.3 Å². The van der Waals surface area contributed by atoms with Crippen LogP contribution in [-0.4, -0.2) is 20.0 Å². The Morgan fingerprint density at radius 2 is 2.38 bits per heavy atom. The number of aryl methyl sites for hydroxylation is 1. The minimum absolute atomic E-state index is 0.595. The molecule has 1 N–H and O–H groups in total. The summed E-state index contributed by atoms with van der Waals surface area (Å²) in [6.45, 7) is 3.22. The van der Waals surface area contributed by atoms with Crippen molar-refractivity contribution in [3.8, 4) is 0 Å². The molecule has 2 aromatic rings. The zero-order valence-corrected chi connectivity index (χ0v) is 9.63. The Labute approximate surface area is 95.7 Å². The van der Waals surface area contributed by atoms with Gasteiger partial charge in [-0.3, -0.25) is 9.78 Å². The summed E-state index contributed by atoms with van der Waals surface area (Å²) in [5.74, 6) is 0.595. The summed E-state index contributed by atoms with van der Waals surface area (Å²) >= 11 is 0. The van der Waals surface area contributed by atoms with E-state index < -0.39 is 0 Å². The highest BCUT2D eigenvalue weighted by molar-refractivity contribution is 5.04. The van der Waals surface area contributed by atoms with Gasteiger partial charge in [0.15, 0.2) is 0 Å². The average molecular weight is 218 g/mol. The zero-order valence-electron chi connectivity index (χ0n) is 9.63. The summed E-state index contributed by atoms with van der Waals surface area (Å²) in [4.78, 5) is 0. The molecule has 0 aliphatic rings. The second-order valence-corrected chi connectivity index (χ2v) is 4.03. The van der Waals surface area contributed by atoms with Crippen LogP contribution >= 0.6 is 0 Å². The standard InChI is InChI=1S/C12H18N4/c1-2-11(12-6-8-13-15-12)5-3-9-16-10-4-7-14-16/h4,6-8,10-11H,2-3,5,9H2,1H3,(H,13,15). The van der Waals surface area contributed by atoms with E-state index in [1.807, 2.05) is 29.3 Å². The number of nitrogens with zero attached hydrogens (tertiary/aromatic N) is 3. The van der Waals surface area contributed by atoms with Gasteiger partial charge in [0.05, 0.1) is 0 Å². The molecule has 0 saturated heterocycles. The van der Waals surface area contributed by atoms with Crippen LogP contribution < -0.4 is 0 Å². The van der Waals surface area contributed by atoms with Gasteiger partial charge in [-0.15, -0.1) is 0 Å². The van der Waals surface area contributed by atoms with Crippen LogP contribution in [0.2, 0.25) is 0 Å². The fourth-order valence-electron chi connectivity index (χ4n) is 2.01. The van der Waals surface area contributed by atoms with Gasteiger partial charge in [-0.05, 0) is 31.4 Å². The van der Waals surface area contributed by atoms with Crippen LogP contribution in [0.25, 0.3) is 0 Å². The maximum Gasteiger partial charge on any atom is 0.0490 e. The van der Waals surface area contributed by atoms with Crippen LogP contribution in [0.15, 0.2) is 30.7 Å². The Bertz CT molecular complexity index is 377. The summed E-state index contributed by atoms with van der Waals surface area (Å²) in [6.07, 6.45) is 9.15. The molecule has 0 fully saturated rings. The molecule has 2 aromatic heterocycles. The van der Waals surface area contributed by atoms with Crippen molar-refractivity contribution in [2.75, 3.05) is 0 Å². The first kappa shape index (κ1) is 10.9. The second kappa shape index (κ2) is 5.49. The van der Waals surface area contributed by atoms with Crippen molar-refractivity contribution < 1.29 is 0 Å². The van der Waals surface area contributed by atoms with E-state index in [4.69, 9.17) is 0 Å². The Morgan fingerprint density at radius 1 is 1.44 bits per heavy atom. The predicted molar refractivity (Wildman–Crippen MR) is 63.1 cm³/mol. The Hall–Kier alpha value is -1.58.